The Morgan fingerprint density at radius 1 is 1.02 bits per heavy atom. The third-order valence-electron chi connectivity index (χ3n) is 6.09. The van der Waals surface area contributed by atoms with Crippen molar-refractivity contribution < 1.29 is 32.6 Å². The minimum Gasteiger partial charge on any atom is -0.497 e. The predicted molar refractivity (Wildman–Crippen MR) is 152 cm³/mol. The number of alkyl halides is 3. The molecule has 1 amide bonds. The summed E-state index contributed by atoms with van der Waals surface area (Å²) in [5.41, 5.74) is 7.37. The number of aromatic amines is 1. The van der Waals surface area contributed by atoms with Crippen molar-refractivity contribution in [2.75, 3.05) is 26.5 Å². The number of anilines is 1. The van der Waals surface area contributed by atoms with Gasteiger partial charge in [0, 0.05) is 28.8 Å². The molecule has 0 fully saturated rings. The van der Waals surface area contributed by atoms with Gasteiger partial charge in [-0.3, -0.25) is 9.89 Å². The zero-order chi connectivity index (χ0) is 29.7. The smallest absolute Gasteiger partial charge is 0.490 e. The third kappa shape index (κ3) is 7.20. The summed E-state index contributed by atoms with van der Waals surface area (Å²) in [4.78, 5) is 23.6. The number of nitrogens with one attached hydrogen (secondary N) is 2. The minimum atomic E-state index is -5.08. The molecule has 1 aliphatic heterocycles. The van der Waals surface area contributed by atoms with Gasteiger partial charge in [-0.15, -0.1) is 0 Å². The van der Waals surface area contributed by atoms with Crippen LogP contribution >= 0.6 is 0 Å². The molecule has 0 bridgehead atoms. The van der Waals surface area contributed by atoms with E-state index >= 15 is 0 Å². The number of hydrogen-bond donors (Lipinski definition) is 3. The Hall–Kier alpha value is -4.90. The number of amides is 1. The molecular weight excluding hydrogens is 537 g/mol. The molecular formula is C30H27F3N4O4. The van der Waals surface area contributed by atoms with Gasteiger partial charge in [-0.2, -0.15) is 18.3 Å². The normalized spacial score (nSPS) is 13.8. The number of carbonyl (C=O) groups excluding carboxylic acids is 1. The summed E-state index contributed by atoms with van der Waals surface area (Å²) in [7, 11) is 5.75. The molecule has 0 radical (unpaired) electrons. The van der Waals surface area contributed by atoms with Crippen LogP contribution in [0.15, 0.2) is 60.7 Å². The number of carbonyl (C=O) groups is 2. The average Bonchev–Trinajstić information content (AvgIpc) is 3.47. The summed E-state index contributed by atoms with van der Waals surface area (Å²) in [5, 5.41) is 18.7. The number of aliphatic carboxylic acids is 1. The van der Waals surface area contributed by atoms with Crippen LogP contribution in [0.4, 0.5) is 18.9 Å². The van der Waals surface area contributed by atoms with E-state index in [4.69, 9.17) is 14.6 Å². The topological polar surface area (TPSA) is 108 Å². The van der Waals surface area contributed by atoms with Crippen LogP contribution in [0, 0.1) is 0 Å². The van der Waals surface area contributed by atoms with Crippen molar-refractivity contribution >= 4 is 52.3 Å². The lowest BCUT2D eigenvalue weighted by Gasteiger charge is -2.09. The molecule has 3 N–H and O–H groups in total. The van der Waals surface area contributed by atoms with E-state index < -0.39 is 12.1 Å². The molecule has 1 aromatic heterocycles. The standard InChI is InChI=1S/C28H26N4O2.C2HF3O2/c1-32(2)17-19-6-4-18(5-7-19)9-12-26-22-11-8-20(15-27(22)31-30-26)14-24-23-16-21(34-3)10-13-25(23)29-28(24)33;3-2(4,5)1(6)7/h4-16H,17H2,1-3H3,(H,29,33)(H,30,31);(H,6,7). The van der Waals surface area contributed by atoms with Gasteiger partial charge in [0.25, 0.3) is 5.91 Å². The Balaban J connectivity index is 0.000000493. The number of halogens is 3. The maximum atomic E-state index is 12.5. The number of methoxy groups -OCH3 is 1. The lowest BCUT2D eigenvalue weighted by atomic mass is 10.0. The number of carboxylic acid groups (broad SMARTS) is 1. The van der Waals surface area contributed by atoms with Crippen LogP contribution in [-0.2, 0) is 16.1 Å². The number of aromatic nitrogens is 2. The summed E-state index contributed by atoms with van der Waals surface area (Å²) in [6.07, 6.45) is 0.897. The number of carboxylic acids is 1. The Labute approximate surface area is 233 Å². The van der Waals surface area contributed by atoms with Gasteiger partial charge >= 0.3 is 12.1 Å². The lowest BCUT2D eigenvalue weighted by molar-refractivity contribution is -0.192. The van der Waals surface area contributed by atoms with E-state index in [1.54, 1.807) is 7.11 Å². The highest BCUT2D eigenvalue weighted by atomic mass is 19.4. The molecule has 0 unspecified atom stereocenters. The maximum absolute atomic E-state index is 12.5. The summed E-state index contributed by atoms with van der Waals surface area (Å²) in [6, 6.07) is 20.2. The van der Waals surface area contributed by atoms with Crippen molar-refractivity contribution in [1.29, 1.82) is 0 Å². The van der Waals surface area contributed by atoms with Gasteiger partial charge in [0.15, 0.2) is 0 Å². The molecule has 41 heavy (non-hydrogen) atoms. The van der Waals surface area contributed by atoms with Crippen molar-refractivity contribution in [3.05, 3.63) is 88.6 Å². The average molecular weight is 565 g/mol. The molecule has 0 aliphatic carbocycles. The molecule has 4 aromatic rings. The fourth-order valence-electron chi connectivity index (χ4n) is 4.15. The zero-order valence-electron chi connectivity index (χ0n) is 22.4. The minimum absolute atomic E-state index is 0.117. The van der Waals surface area contributed by atoms with Gasteiger partial charge < -0.3 is 20.1 Å². The first-order valence-electron chi connectivity index (χ1n) is 12.4. The van der Waals surface area contributed by atoms with Gasteiger partial charge in [0.2, 0.25) is 0 Å². The fraction of sp³-hybridized carbons (Fsp3) is 0.167. The first kappa shape index (κ1) is 29.1. The number of H-pyrrole nitrogens is 1. The molecule has 1 aliphatic rings. The van der Waals surface area contributed by atoms with Crippen LogP contribution in [0.5, 0.6) is 5.75 Å². The van der Waals surface area contributed by atoms with Crippen molar-refractivity contribution in [2.45, 2.75) is 12.7 Å². The van der Waals surface area contributed by atoms with Crippen LogP contribution in [-0.4, -0.2) is 59.5 Å². The van der Waals surface area contributed by atoms with Crippen LogP contribution in [0.2, 0.25) is 0 Å². The third-order valence-corrected chi connectivity index (χ3v) is 6.09. The lowest BCUT2D eigenvalue weighted by Crippen LogP contribution is -2.21. The van der Waals surface area contributed by atoms with Gasteiger partial charge in [0.05, 0.1) is 18.3 Å². The molecule has 0 saturated carbocycles. The van der Waals surface area contributed by atoms with Gasteiger partial charge in [0.1, 0.15) is 5.75 Å². The van der Waals surface area contributed by atoms with Crippen molar-refractivity contribution in [3.8, 4) is 5.75 Å². The molecule has 8 nitrogen and oxygen atoms in total. The Kier molecular flexibility index (Phi) is 8.58. The largest absolute Gasteiger partial charge is 0.497 e. The Morgan fingerprint density at radius 2 is 1.71 bits per heavy atom. The second-order valence-electron chi connectivity index (χ2n) is 9.45. The predicted octanol–water partition coefficient (Wildman–Crippen LogP) is 5.93. The van der Waals surface area contributed by atoms with E-state index in [0.29, 0.717) is 11.3 Å². The summed E-state index contributed by atoms with van der Waals surface area (Å²) >= 11 is 0. The zero-order valence-corrected chi connectivity index (χ0v) is 22.4. The van der Waals surface area contributed by atoms with E-state index in [-0.39, 0.29) is 5.91 Å². The second-order valence-corrected chi connectivity index (χ2v) is 9.45. The van der Waals surface area contributed by atoms with Gasteiger partial charge in [-0.25, -0.2) is 4.79 Å². The van der Waals surface area contributed by atoms with Crippen LogP contribution < -0.4 is 10.1 Å². The monoisotopic (exact) mass is 564 g/mol. The molecule has 0 spiro atoms. The molecule has 0 atom stereocenters. The first-order valence-corrected chi connectivity index (χ1v) is 12.4. The molecule has 3 aromatic carbocycles. The van der Waals surface area contributed by atoms with Gasteiger partial charge in [-0.05, 0) is 73.3 Å². The van der Waals surface area contributed by atoms with Crippen LogP contribution in [0.3, 0.4) is 0 Å². The SMILES string of the molecule is COc1ccc2c(c1)C(=Cc1ccc3c(C=Cc4ccc(CN(C)C)cc4)n[nH]c3c1)C(=O)N2.O=C(O)C(F)(F)F. The highest BCUT2D eigenvalue weighted by molar-refractivity contribution is 6.35. The number of hydrogen-bond acceptors (Lipinski definition) is 5. The Morgan fingerprint density at radius 3 is 2.34 bits per heavy atom. The summed E-state index contributed by atoms with van der Waals surface area (Å²) < 4.78 is 37.1. The molecule has 2 heterocycles. The van der Waals surface area contributed by atoms with E-state index in [1.165, 1.54) is 5.56 Å². The number of nitrogens with zero attached hydrogens (tertiary/aromatic N) is 2. The highest BCUT2D eigenvalue weighted by Crippen LogP contribution is 2.36. The number of rotatable bonds is 6. The van der Waals surface area contributed by atoms with E-state index in [9.17, 15) is 18.0 Å². The van der Waals surface area contributed by atoms with Crippen LogP contribution in [0.1, 0.15) is 27.9 Å². The second kappa shape index (κ2) is 12.1. The van der Waals surface area contributed by atoms with Crippen LogP contribution in [0.25, 0.3) is 34.7 Å². The summed E-state index contributed by atoms with van der Waals surface area (Å²) in [6.45, 7) is 0.924. The molecule has 212 valence electrons. The first-order chi connectivity index (χ1) is 19.4. The highest BCUT2D eigenvalue weighted by Gasteiger charge is 2.38. The number of ether oxygens (including phenoxy) is 1. The van der Waals surface area contributed by atoms with E-state index in [0.717, 1.165) is 45.5 Å². The maximum Gasteiger partial charge on any atom is 0.490 e. The molecule has 5 rings (SSSR count). The van der Waals surface area contributed by atoms with Crippen molar-refractivity contribution in [2.24, 2.45) is 0 Å². The summed E-state index contributed by atoms with van der Waals surface area (Å²) in [5.74, 6) is -2.16. The molecule has 0 saturated heterocycles. The fourth-order valence-corrected chi connectivity index (χ4v) is 4.15. The number of fused-ring (bicyclic) bond motifs is 2. The quantitative estimate of drug-likeness (QED) is 0.251. The molecule has 11 heteroatoms. The Bertz CT molecular complexity index is 1640. The van der Waals surface area contributed by atoms with Gasteiger partial charge in [-0.1, -0.05) is 36.4 Å². The number of benzene rings is 3. The van der Waals surface area contributed by atoms with E-state index in [2.05, 4.69) is 64.9 Å². The van der Waals surface area contributed by atoms with Crippen molar-refractivity contribution in [1.82, 2.24) is 15.1 Å². The van der Waals surface area contributed by atoms with E-state index in [1.807, 2.05) is 48.6 Å². The van der Waals surface area contributed by atoms with Crippen molar-refractivity contribution in [3.63, 3.8) is 0 Å².